The van der Waals surface area contributed by atoms with Crippen LogP contribution >= 0.6 is 11.6 Å². The number of carbonyl (C=O) groups excluding carboxylic acids is 7. The summed E-state index contributed by atoms with van der Waals surface area (Å²) in [6, 6.07) is 21.7. The van der Waals surface area contributed by atoms with E-state index in [1.807, 2.05) is 49.4 Å². The SMILES string of the molecule is CCCCC[C@H](NC(=O)[C@H](C)CC(=O)[C@@H](NC(=O)[C@H](CNC(=O)OC(C)(C)C)CC(=O)c1ccc(-c2ccc(Cl)cc2)cc1)[C@@H](C)OC(C)(C)C)C(=O)C[C@@H](C)C(O)C(=O)CCCc1ccccc1. The lowest BCUT2D eigenvalue weighted by atomic mass is 9.89. The number of nitrogens with one attached hydrogen (secondary N) is 3. The molecule has 0 aliphatic carbocycles. The van der Waals surface area contributed by atoms with Crippen molar-refractivity contribution in [3.05, 3.63) is 95.0 Å². The Kier molecular flexibility index (Phi) is 23.4. The van der Waals surface area contributed by atoms with Crippen LogP contribution < -0.4 is 16.0 Å². The Morgan fingerprint density at radius 1 is 0.681 bits per heavy atom. The summed E-state index contributed by atoms with van der Waals surface area (Å²) in [7, 11) is 0. The largest absolute Gasteiger partial charge is 0.444 e. The summed E-state index contributed by atoms with van der Waals surface area (Å²) >= 11 is 6.06. The number of ether oxygens (including phenoxy) is 2. The minimum Gasteiger partial charge on any atom is -0.444 e. The minimum atomic E-state index is -1.34. The van der Waals surface area contributed by atoms with E-state index in [9.17, 15) is 38.7 Å². The van der Waals surface area contributed by atoms with Crippen molar-refractivity contribution in [2.24, 2.45) is 17.8 Å². The smallest absolute Gasteiger partial charge is 0.407 e. The number of benzene rings is 3. The van der Waals surface area contributed by atoms with E-state index in [-0.39, 0.29) is 49.6 Å². The molecule has 0 bridgehead atoms. The number of carbonyl (C=O) groups is 7. The zero-order chi connectivity index (χ0) is 51.5. The van der Waals surface area contributed by atoms with Crippen molar-refractivity contribution < 1.29 is 48.1 Å². The minimum absolute atomic E-state index is 0.132. The van der Waals surface area contributed by atoms with Gasteiger partial charge in [-0.15, -0.1) is 0 Å². The van der Waals surface area contributed by atoms with Crippen LogP contribution in [-0.4, -0.2) is 88.2 Å². The molecule has 3 aromatic rings. The van der Waals surface area contributed by atoms with Crippen LogP contribution in [0.4, 0.5) is 4.79 Å². The van der Waals surface area contributed by atoms with Crippen LogP contribution in [0, 0.1) is 17.8 Å². The number of halogens is 1. The number of amides is 3. The topological polar surface area (TPSA) is 194 Å². The van der Waals surface area contributed by atoms with E-state index in [1.54, 1.807) is 98.7 Å². The van der Waals surface area contributed by atoms with Crippen LogP contribution in [0.2, 0.25) is 5.02 Å². The van der Waals surface area contributed by atoms with Gasteiger partial charge in [0.1, 0.15) is 17.7 Å². The average Bonchev–Trinajstić information content (AvgIpc) is 3.28. The molecule has 14 heteroatoms. The summed E-state index contributed by atoms with van der Waals surface area (Å²) in [6.45, 7) is 17.0. The van der Waals surface area contributed by atoms with Gasteiger partial charge in [0, 0.05) is 48.7 Å². The molecule has 0 aliphatic rings. The van der Waals surface area contributed by atoms with Gasteiger partial charge < -0.3 is 30.5 Å². The molecule has 7 atom stereocenters. The molecule has 3 aromatic carbocycles. The molecule has 0 aromatic heterocycles. The van der Waals surface area contributed by atoms with E-state index in [0.29, 0.717) is 36.3 Å². The number of rotatable bonds is 28. The molecule has 0 spiro atoms. The molecule has 69 heavy (non-hydrogen) atoms. The zero-order valence-electron chi connectivity index (χ0n) is 42.3. The number of aryl methyl sites for hydroxylation is 1. The highest BCUT2D eigenvalue weighted by Gasteiger charge is 2.36. The predicted molar refractivity (Wildman–Crippen MR) is 270 cm³/mol. The van der Waals surface area contributed by atoms with Crippen molar-refractivity contribution in [1.29, 1.82) is 0 Å². The summed E-state index contributed by atoms with van der Waals surface area (Å²) < 4.78 is 11.6. The fourth-order valence-corrected chi connectivity index (χ4v) is 7.99. The lowest BCUT2D eigenvalue weighted by molar-refractivity contribution is -0.139. The van der Waals surface area contributed by atoms with Gasteiger partial charge in [0.2, 0.25) is 11.8 Å². The van der Waals surface area contributed by atoms with Crippen molar-refractivity contribution in [3.8, 4) is 11.1 Å². The Morgan fingerprint density at radius 2 is 1.29 bits per heavy atom. The number of Topliss-reactive ketones (excluding diaryl/α,β-unsaturated/α-hetero) is 4. The second-order valence-corrected chi connectivity index (χ2v) is 20.7. The molecule has 0 radical (unpaired) electrons. The first-order valence-electron chi connectivity index (χ1n) is 24.3. The Balaban J connectivity index is 1.77. The highest BCUT2D eigenvalue weighted by atomic mass is 35.5. The van der Waals surface area contributed by atoms with Crippen molar-refractivity contribution >= 4 is 52.6 Å². The first-order valence-corrected chi connectivity index (χ1v) is 24.7. The third-order valence-corrected chi connectivity index (χ3v) is 11.9. The maximum Gasteiger partial charge on any atom is 0.407 e. The number of aliphatic hydroxyl groups is 1. The van der Waals surface area contributed by atoms with Crippen LogP contribution in [0.15, 0.2) is 78.9 Å². The molecule has 378 valence electrons. The Morgan fingerprint density at radius 3 is 1.87 bits per heavy atom. The lowest BCUT2D eigenvalue weighted by Crippen LogP contribution is -2.54. The van der Waals surface area contributed by atoms with Crippen LogP contribution in [0.5, 0.6) is 0 Å². The Labute approximate surface area is 414 Å². The van der Waals surface area contributed by atoms with Crippen LogP contribution in [0.3, 0.4) is 0 Å². The molecule has 13 nitrogen and oxygen atoms in total. The van der Waals surface area contributed by atoms with Gasteiger partial charge in [0.05, 0.1) is 23.7 Å². The number of hydrogen-bond acceptors (Lipinski definition) is 10. The van der Waals surface area contributed by atoms with Gasteiger partial charge in [-0.05, 0) is 102 Å². The second kappa shape index (κ2) is 27.8. The van der Waals surface area contributed by atoms with E-state index in [4.69, 9.17) is 21.1 Å². The first-order chi connectivity index (χ1) is 32.4. The molecular weight excluding hydrogens is 898 g/mol. The standard InChI is InChI=1S/C55H76ClN3O10/c1-11-12-14-21-44(47(62)31-35(2)50(64)45(60)22-17-20-38-18-15-13-16-19-38)58-51(65)36(3)32-48(63)49(37(4)68-54(5,6)7)59-52(66)42(34-57-53(67)69-55(8,9)10)33-46(61)41-25-23-39(24-26-41)40-27-29-43(56)30-28-40/h13,15-16,18-19,23-30,35-37,42,44,49-50,64H,11-12,14,17,20-22,31-34H2,1-10H3,(H,57,67)(H,58,65)(H,59,66)/t35-,36-,37-,42+,44+,49+,50?/m1/s1. The van der Waals surface area contributed by atoms with Crippen molar-refractivity contribution in [1.82, 2.24) is 16.0 Å². The maximum atomic E-state index is 14.3. The predicted octanol–water partition coefficient (Wildman–Crippen LogP) is 9.62. The van der Waals surface area contributed by atoms with Gasteiger partial charge in [-0.3, -0.25) is 28.8 Å². The van der Waals surface area contributed by atoms with Crippen molar-refractivity contribution in [2.45, 2.75) is 169 Å². The highest BCUT2D eigenvalue weighted by molar-refractivity contribution is 6.30. The summed E-state index contributed by atoms with van der Waals surface area (Å²) in [4.78, 5) is 95.6. The van der Waals surface area contributed by atoms with Crippen LogP contribution in [0.1, 0.15) is 143 Å². The van der Waals surface area contributed by atoms with Crippen molar-refractivity contribution in [3.63, 3.8) is 0 Å². The number of hydrogen-bond donors (Lipinski definition) is 4. The number of ketones is 4. The van der Waals surface area contributed by atoms with Crippen LogP contribution in [-0.2, 0) is 39.9 Å². The van der Waals surface area contributed by atoms with Gasteiger partial charge in [-0.25, -0.2) is 4.79 Å². The summed E-state index contributed by atoms with van der Waals surface area (Å²) in [6.07, 6.45) is 0.258. The fourth-order valence-electron chi connectivity index (χ4n) is 7.86. The number of alkyl carbamates (subject to hydrolysis) is 1. The third kappa shape index (κ3) is 21.1. The van der Waals surface area contributed by atoms with Gasteiger partial charge in [0.25, 0.3) is 0 Å². The molecular formula is C55H76ClN3O10. The molecule has 0 fully saturated rings. The molecule has 0 saturated heterocycles. The first kappa shape index (κ1) is 58.1. The van der Waals surface area contributed by atoms with E-state index in [0.717, 1.165) is 29.5 Å². The van der Waals surface area contributed by atoms with E-state index >= 15 is 0 Å². The van der Waals surface area contributed by atoms with E-state index < -0.39 is 76.9 Å². The fraction of sp³-hybridized carbons (Fsp3) is 0.545. The van der Waals surface area contributed by atoms with Gasteiger partial charge in [0.15, 0.2) is 23.1 Å². The number of aliphatic hydroxyl groups excluding tert-OH is 1. The normalized spacial score (nSPS) is 14.8. The van der Waals surface area contributed by atoms with Crippen molar-refractivity contribution in [2.75, 3.05) is 6.54 Å². The quantitative estimate of drug-likeness (QED) is 0.0402. The van der Waals surface area contributed by atoms with Gasteiger partial charge in [-0.1, -0.05) is 118 Å². The average molecular weight is 975 g/mol. The Hall–Kier alpha value is -5.24. The molecule has 3 amide bonds. The Bertz CT molecular complexity index is 2150. The highest BCUT2D eigenvalue weighted by Crippen LogP contribution is 2.24. The van der Waals surface area contributed by atoms with Gasteiger partial charge in [-0.2, -0.15) is 0 Å². The third-order valence-electron chi connectivity index (χ3n) is 11.6. The van der Waals surface area contributed by atoms with Crippen LogP contribution in [0.25, 0.3) is 11.1 Å². The molecule has 0 saturated carbocycles. The summed E-state index contributed by atoms with van der Waals surface area (Å²) in [5, 5.41) is 19.7. The molecule has 4 N–H and O–H groups in total. The molecule has 1 unspecified atom stereocenters. The zero-order valence-corrected chi connectivity index (χ0v) is 43.1. The molecule has 0 heterocycles. The summed E-state index contributed by atoms with van der Waals surface area (Å²) in [5.41, 5.74) is 1.59. The van der Waals surface area contributed by atoms with E-state index in [2.05, 4.69) is 16.0 Å². The van der Waals surface area contributed by atoms with Gasteiger partial charge >= 0.3 is 6.09 Å². The monoisotopic (exact) mass is 974 g/mol. The molecule has 0 aliphatic heterocycles. The second-order valence-electron chi connectivity index (χ2n) is 20.2. The summed E-state index contributed by atoms with van der Waals surface area (Å²) in [5.74, 6) is -5.61. The lowest BCUT2D eigenvalue weighted by Gasteiger charge is -2.32. The molecule has 3 rings (SSSR count). The van der Waals surface area contributed by atoms with E-state index in [1.165, 1.54) is 0 Å². The number of unbranched alkanes of at least 4 members (excludes halogenated alkanes) is 2. The maximum absolute atomic E-state index is 14.3.